The molecule has 8 heteroatoms. The first-order valence-corrected chi connectivity index (χ1v) is 10.2. The van der Waals surface area contributed by atoms with Gasteiger partial charge in [0.2, 0.25) is 5.95 Å². The van der Waals surface area contributed by atoms with Crippen molar-refractivity contribution in [2.45, 2.75) is 12.8 Å². The molecule has 1 N–H and O–H groups in total. The second kappa shape index (κ2) is 7.79. The first kappa shape index (κ1) is 19.2. The first-order chi connectivity index (χ1) is 15.1. The number of para-hydroxylation sites is 1. The molecule has 0 amide bonds. The van der Waals surface area contributed by atoms with Gasteiger partial charge in [0, 0.05) is 24.6 Å². The zero-order valence-electron chi connectivity index (χ0n) is 16.7. The standard InChI is InChI=1S/C23H20FN5O2/c24-17-8-6-15(7-9-17)20(30)16-10-12-28(13-11-16)23-26-21-19(22(31)27-23)14-25-29(21)18-4-2-1-3-5-18/h1-9,14,16H,10-13H2,(H,26,27,31). The average Bonchev–Trinajstić information content (AvgIpc) is 3.24. The monoisotopic (exact) mass is 417 g/mol. The third-order valence-corrected chi connectivity index (χ3v) is 5.72. The molecule has 0 radical (unpaired) electrons. The van der Waals surface area contributed by atoms with E-state index in [1.165, 1.54) is 30.5 Å². The van der Waals surface area contributed by atoms with Crippen molar-refractivity contribution >= 4 is 22.8 Å². The van der Waals surface area contributed by atoms with Gasteiger partial charge >= 0.3 is 0 Å². The number of nitrogens with zero attached hydrogens (tertiary/aromatic N) is 4. The number of aromatic nitrogens is 4. The molecule has 0 saturated carbocycles. The molecular weight excluding hydrogens is 397 g/mol. The van der Waals surface area contributed by atoms with E-state index in [-0.39, 0.29) is 23.1 Å². The van der Waals surface area contributed by atoms with E-state index >= 15 is 0 Å². The van der Waals surface area contributed by atoms with Crippen molar-refractivity contribution < 1.29 is 9.18 Å². The number of Topliss-reactive ketones (excluding diaryl/α,β-unsaturated/α-hetero) is 1. The number of hydrogen-bond acceptors (Lipinski definition) is 5. The third-order valence-electron chi connectivity index (χ3n) is 5.72. The minimum atomic E-state index is -0.355. The largest absolute Gasteiger partial charge is 0.342 e. The lowest BCUT2D eigenvalue weighted by Gasteiger charge is -2.31. The van der Waals surface area contributed by atoms with Gasteiger partial charge in [0.1, 0.15) is 11.2 Å². The number of aromatic amines is 1. The van der Waals surface area contributed by atoms with Crippen LogP contribution in [0.4, 0.5) is 10.3 Å². The fourth-order valence-electron chi connectivity index (χ4n) is 4.02. The summed E-state index contributed by atoms with van der Waals surface area (Å²) in [4.78, 5) is 34.8. The number of benzene rings is 2. The van der Waals surface area contributed by atoms with Crippen molar-refractivity contribution in [3.05, 3.63) is 82.5 Å². The Hall–Kier alpha value is -3.81. The third kappa shape index (κ3) is 3.61. The summed E-state index contributed by atoms with van der Waals surface area (Å²) in [5, 5.41) is 4.76. The maximum absolute atomic E-state index is 13.1. The van der Waals surface area contributed by atoms with Crippen LogP contribution in [0.15, 0.2) is 65.6 Å². The number of nitrogens with one attached hydrogen (secondary N) is 1. The maximum Gasteiger partial charge on any atom is 0.263 e. The second-order valence-corrected chi connectivity index (χ2v) is 7.65. The summed E-state index contributed by atoms with van der Waals surface area (Å²) in [6.07, 6.45) is 2.79. The number of carbonyl (C=O) groups excluding carboxylic acids is 1. The van der Waals surface area contributed by atoms with E-state index in [0.29, 0.717) is 48.5 Å². The normalized spacial score (nSPS) is 14.8. The van der Waals surface area contributed by atoms with Gasteiger partial charge in [-0.05, 0) is 49.2 Å². The molecule has 5 rings (SSSR count). The van der Waals surface area contributed by atoms with Gasteiger partial charge in [-0.2, -0.15) is 10.1 Å². The molecule has 1 fully saturated rings. The molecule has 0 aliphatic carbocycles. The van der Waals surface area contributed by atoms with E-state index in [4.69, 9.17) is 0 Å². The Morgan fingerprint density at radius 2 is 1.74 bits per heavy atom. The highest BCUT2D eigenvalue weighted by Gasteiger charge is 2.27. The number of piperidine rings is 1. The van der Waals surface area contributed by atoms with E-state index in [9.17, 15) is 14.0 Å². The molecule has 0 atom stereocenters. The smallest absolute Gasteiger partial charge is 0.263 e. The highest BCUT2D eigenvalue weighted by Crippen LogP contribution is 2.25. The van der Waals surface area contributed by atoms with Crippen molar-refractivity contribution in [1.29, 1.82) is 0 Å². The fourth-order valence-corrected chi connectivity index (χ4v) is 4.02. The molecule has 1 aliphatic heterocycles. The Kier molecular flexibility index (Phi) is 4.82. The molecule has 4 aromatic rings. The number of ketones is 1. The summed E-state index contributed by atoms with van der Waals surface area (Å²) < 4.78 is 14.8. The van der Waals surface area contributed by atoms with Gasteiger partial charge in [0.15, 0.2) is 11.4 Å². The van der Waals surface area contributed by atoms with Gasteiger partial charge in [0.25, 0.3) is 5.56 Å². The van der Waals surface area contributed by atoms with E-state index in [0.717, 1.165) is 5.69 Å². The van der Waals surface area contributed by atoms with Crippen LogP contribution < -0.4 is 10.5 Å². The van der Waals surface area contributed by atoms with Crippen LogP contribution in [0, 0.1) is 11.7 Å². The predicted molar refractivity (Wildman–Crippen MR) is 115 cm³/mol. The maximum atomic E-state index is 13.1. The first-order valence-electron chi connectivity index (χ1n) is 10.2. The van der Waals surface area contributed by atoms with Crippen molar-refractivity contribution in [2.75, 3.05) is 18.0 Å². The Bertz CT molecular complexity index is 1290. The fraction of sp³-hybridized carbons (Fsp3) is 0.217. The number of hydrogen-bond donors (Lipinski definition) is 1. The molecule has 0 bridgehead atoms. The molecule has 7 nitrogen and oxygen atoms in total. The minimum Gasteiger partial charge on any atom is -0.342 e. The molecule has 0 unspecified atom stereocenters. The summed E-state index contributed by atoms with van der Waals surface area (Å²) in [5.41, 5.74) is 1.60. The van der Waals surface area contributed by atoms with Crippen LogP contribution in [-0.4, -0.2) is 38.6 Å². The van der Waals surface area contributed by atoms with Gasteiger partial charge in [-0.15, -0.1) is 0 Å². The molecule has 1 saturated heterocycles. The lowest BCUT2D eigenvalue weighted by molar-refractivity contribution is 0.0900. The van der Waals surface area contributed by atoms with Gasteiger partial charge in [-0.1, -0.05) is 18.2 Å². The van der Waals surface area contributed by atoms with E-state index in [2.05, 4.69) is 15.1 Å². The SMILES string of the molecule is O=C(c1ccc(F)cc1)C1CCN(c2nc3c(cnn3-c3ccccc3)c(=O)[nH]2)CC1. The number of rotatable bonds is 4. The highest BCUT2D eigenvalue weighted by molar-refractivity contribution is 5.98. The number of anilines is 1. The summed E-state index contributed by atoms with van der Waals surface area (Å²) >= 11 is 0. The Morgan fingerprint density at radius 3 is 2.45 bits per heavy atom. The number of fused-ring (bicyclic) bond motifs is 1. The van der Waals surface area contributed by atoms with Crippen LogP contribution >= 0.6 is 0 Å². The highest BCUT2D eigenvalue weighted by atomic mass is 19.1. The molecular formula is C23H20FN5O2. The summed E-state index contributed by atoms with van der Waals surface area (Å²) in [7, 11) is 0. The molecule has 2 aromatic heterocycles. The van der Waals surface area contributed by atoms with Crippen LogP contribution in [0.3, 0.4) is 0 Å². The topological polar surface area (TPSA) is 83.9 Å². The van der Waals surface area contributed by atoms with Crippen molar-refractivity contribution in [3.8, 4) is 5.69 Å². The Morgan fingerprint density at radius 1 is 1.03 bits per heavy atom. The van der Waals surface area contributed by atoms with Crippen molar-refractivity contribution in [3.63, 3.8) is 0 Å². The lowest BCUT2D eigenvalue weighted by Crippen LogP contribution is -2.38. The van der Waals surface area contributed by atoms with Crippen LogP contribution in [-0.2, 0) is 0 Å². The summed E-state index contributed by atoms with van der Waals surface area (Å²) in [6.45, 7) is 1.18. The van der Waals surface area contributed by atoms with Crippen LogP contribution in [0.5, 0.6) is 0 Å². The molecule has 156 valence electrons. The Balaban J connectivity index is 1.38. The zero-order chi connectivity index (χ0) is 21.4. The zero-order valence-corrected chi connectivity index (χ0v) is 16.7. The van der Waals surface area contributed by atoms with Gasteiger partial charge in [-0.25, -0.2) is 9.07 Å². The number of halogens is 1. The molecule has 2 aromatic carbocycles. The predicted octanol–water partition coefficient (Wildman–Crippen LogP) is 3.35. The van der Waals surface area contributed by atoms with E-state index in [1.54, 1.807) is 4.68 Å². The average molecular weight is 417 g/mol. The number of H-pyrrole nitrogens is 1. The quantitative estimate of drug-likeness (QED) is 0.515. The van der Waals surface area contributed by atoms with Gasteiger partial charge < -0.3 is 4.90 Å². The van der Waals surface area contributed by atoms with Crippen molar-refractivity contribution in [2.24, 2.45) is 5.92 Å². The minimum absolute atomic E-state index is 0.0266. The molecule has 31 heavy (non-hydrogen) atoms. The van der Waals surface area contributed by atoms with E-state index in [1.807, 2.05) is 35.2 Å². The van der Waals surface area contributed by atoms with Crippen LogP contribution in [0.25, 0.3) is 16.7 Å². The van der Waals surface area contributed by atoms with Gasteiger partial charge in [-0.3, -0.25) is 14.6 Å². The summed E-state index contributed by atoms with van der Waals surface area (Å²) in [6, 6.07) is 15.2. The van der Waals surface area contributed by atoms with E-state index < -0.39 is 0 Å². The lowest BCUT2D eigenvalue weighted by atomic mass is 9.89. The molecule has 1 aliphatic rings. The number of carbonyl (C=O) groups is 1. The Labute approximate surface area is 177 Å². The van der Waals surface area contributed by atoms with Crippen molar-refractivity contribution in [1.82, 2.24) is 19.7 Å². The molecule has 0 spiro atoms. The van der Waals surface area contributed by atoms with Crippen LogP contribution in [0.2, 0.25) is 0 Å². The molecule has 3 heterocycles. The summed E-state index contributed by atoms with van der Waals surface area (Å²) in [5.74, 6) is 0.0140. The second-order valence-electron chi connectivity index (χ2n) is 7.65. The van der Waals surface area contributed by atoms with Crippen LogP contribution in [0.1, 0.15) is 23.2 Å². The van der Waals surface area contributed by atoms with Gasteiger partial charge in [0.05, 0.1) is 11.9 Å².